The van der Waals surface area contributed by atoms with E-state index < -0.39 is 0 Å². The van der Waals surface area contributed by atoms with Gasteiger partial charge >= 0.3 is 0 Å². The van der Waals surface area contributed by atoms with Crippen LogP contribution in [0.25, 0.3) is 5.65 Å². The second-order valence-corrected chi connectivity index (χ2v) is 4.96. The van der Waals surface area contributed by atoms with Gasteiger partial charge < -0.3 is 4.90 Å². The van der Waals surface area contributed by atoms with Crippen molar-refractivity contribution in [3.8, 4) is 0 Å². The Morgan fingerprint density at radius 3 is 2.63 bits per heavy atom. The summed E-state index contributed by atoms with van der Waals surface area (Å²) in [4.78, 5) is 14.4. The lowest BCUT2D eigenvalue weighted by molar-refractivity contribution is 0.0742. The molecule has 0 saturated carbocycles. The summed E-state index contributed by atoms with van der Waals surface area (Å²) < 4.78 is 1.56. The first-order chi connectivity index (χ1) is 9.34. The molecule has 0 radical (unpaired) electrons. The van der Waals surface area contributed by atoms with Crippen molar-refractivity contribution >= 4 is 11.6 Å². The zero-order valence-corrected chi connectivity index (χ0v) is 10.8. The molecular weight excluding hydrogens is 242 g/mol. The summed E-state index contributed by atoms with van der Waals surface area (Å²) in [5.74, 6) is 0.0902. The molecule has 0 aromatic carbocycles. The van der Waals surface area contributed by atoms with E-state index in [2.05, 4.69) is 15.5 Å². The molecule has 1 fully saturated rings. The number of rotatable bonds is 1. The van der Waals surface area contributed by atoms with Gasteiger partial charge in [0, 0.05) is 24.8 Å². The van der Waals surface area contributed by atoms with Crippen LogP contribution in [0.3, 0.4) is 0 Å². The SMILES string of the molecule is O=C(c1ccn2nnnc2c1)N1CCCCCCC1. The minimum atomic E-state index is 0.0902. The molecule has 6 nitrogen and oxygen atoms in total. The van der Waals surface area contributed by atoms with E-state index in [1.54, 1.807) is 22.8 Å². The third-order valence-electron chi connectivity index (χ3n) is 3.59. The van der Waals surface area contributed by atoms with Gasteiger partial charge in [-0.3, -0.25) is 4.79 Å². The molecule has 0 unspecified atom stereocenters. The smallest absolute Gasteiger partial charge is 0.254 e. The topological polar surface area (TPSA) is 63.4 Å². The van der Waals surface area contributed by atoms with Gasteiger partial charge in [-0.05, 0) is 35.4 Å². The number of nitrogens with zero attached hydrogens (tertiary/aromatic N) is 5. The molecule has 1 saturated heterocycles. The number of pyridine rings is 1. The average molecular weight is 259 g/mol. The van der Waals surface area contributed by atoms with Crippen LogP contribution in [0.4, 0.5) is 0 Å². The Labute approximate surface area is 111 Å². The molecule has 0 spiro atoms. The van der Waals surface area contributed by atoms with Crippen LogP contribution in [-0.2, 0) is 0 Å². The van der Waals surface area contributed by atoms with Crippen molar-refractivity contribution in [3.63, 3.8) is 0 Å². The molecule has 19 heavy (non-hydrogen) atoms. The Morgan fingerprint density at radius 1 is 1.11 bits per heavy atom. The van der Waals surface area contributed by atoms with Gasteiger partial charge in [-0.25, -0.2) is 4.52 Å². The van der Waals surface area contributed by atoms with E-state index in [0.717, 1.165) is 25.9 Å². The Bertz CT molecular complexity index is 571. The Hall–Kier alpha value is -1.98. The summed E-state index contributed by atoms with van der Waals surface area (Å²) in [5, 5.41) is 11.2. The van der Waals surface area contributed by atoms with Gasteiger partial charge in [-0.15, -0.1) is 5.10 Å². The first-order valence-electron chi connectivity index (χ1n) is 6.81. The number of tetrazole rings is 1. The zero-order chi connectivity index (χ0) is 13.1. The van der Waals surface area contributed by atoms with Crippen molar-refractivity contribution in [2.45, 2.75) is 32.1 Å². The molecule has 0 bridgehead atoms. The number of likely N-dealkylation sites (tertiary alicyclic amines) is 1. The minimum Gasteiger partial charge on any atom is -0.339 e. The monoisotopic (exact) mass is 259 g/mol. The van der Waals surface area contributed by atoms with E-state index in [1.165, 1.54) is 19.3 Å². The van der Waals surface area contributed by atoms with Gasteiger partial charge in [0.25, 0.3) is 5.91 Å². The fourth-order valence-corrected chi connectivity index (χ4v) is 2.51. The third-order valence-corrected chi connectivity index (χ3v) is 3.59. The van der Waals surface area contributed by atoms with Crippen LogP contribution in [0.1, 0.15) is 42.5 Å². The van der Waals surface area contributed by atoms with E-state index in [4.69, 9.17) is 0 Å². The van der Waals surface area contributed by atoms with Gasteiger partial charge in [0.15, 0.2) is 5.65 Å². The molecule has 3 rings (SSSR count). The van der Waals surface area contributed by atoms with Crippen LogP contribution in [0.15, 0.2) is 18.3 Å². The van der Waals surface area contributed by atoms with Crippen LogP contribution in [0.2, 0.25) is 0 Å². The highest BCUT2D eigenvalue weighted by Crippen LogP contribution is 2.14. The molecule has 2 aromatic heterocycles. The molecule has 100 valence electrons. The molecule has 0 N–H and O–H groups in total. The standard InChI is InChI=1S/C13H17N5O/c19-13(17-7-4-2-1-3-5-8-17)11-6-9-18-12(10-11)14-15-16-18/h6,9-10H,1-5,7-8H2. The van der Waals surface area contributed by atoms with Crippen LogP contribution in [-0.4, -0.2) is 43.9 Å². The summed E-state index contributed by atoms with van der Waals surface area (Å²) in [5.41, 5.74) is 1.28. The first-order valence-corrected chi connectivity index (χ1v) is 6.81. The van der Waals surface area contributed by atoms with E-state index in [9.17, 15) is 4.79 Å². The summed E-state index contributed by atoms with van der Waals surface area (Å²) >= 11 is 0. The maximum atomic E-state index is 12.5. The molecule has 2 aromatic rings. The zero-order valence-electron chi connectivity index (χ0n) is 10.8. The van der Waals surface area contributed by atoms with Crippen molar-refractivity contribution in [1.82, 2.24) is 24.9 Å². The molecule has 1 aliphatic rings. The van der Waals surface area contributed by atoms with Gasteiger partial charge in [-0.1, -0.05) is 19.3 Å². The predicted octanol–water partition coefficient (Wildman–Crippen LogP) is 1.53. The van der Waals surface area contributed by atoms with E-state index in [-0.39, 0.29) is 5.91 Å². The predicted molar refractivity (Wildman–Crippen MR) is 69.8 cm³/mol. The third kappa shape index (κ3) is 2.57. The minimum absolute atomic E-state index is 0.0902. The van der Waals surface area contributed by atoms with Gasteiger partial charge in [0.05, 0.1) is 0 Å². The van der Waals surface area contributed by atoms with Crippen LogP contribution in [0.5, 0.6) is 0 Å². The molecule has 6 heteroatoms. The Kier molecular flexibility index (Phi) is 3.39. The number of carbonyl (C=O) groups excluding carboxylic acids is 1. The maximum absolute atomic E-state index is 12.5. The maximum Gasteiger partial charge on any atom is 0.254 e. The molecular formula is C13H17N5O. The Morgan fingerprint density at radius 2 is 1.84 bits per heavy atom. The summed E-state index contributed by atoms with van der Waals surface area (Å²) in [6.45, 7) is 1.71. The Balaban J connectivity index is 1.80. The largest absolute Gasteiger partial charge is 0.339 e. The lowest BCUT2D eigenvalue weighted by Gasteiger charge is -2.24. The normalized spacial score (nSPS) is 17.2. The van der Waals surface area contributed by atoms with Crippen molar-refractivity contribution < 1.29 is 4.79 Å². The highest BCUT2D eigenvalue weighted by molar-refractivity contribution is 5.95. The van der Waals surface area contributed by atoms with E-state index in [0.29, 0.717) is 11.2 Å². The van der Waals surface area contributed by atoms with Crippen molar-refractivity contribution in [2.24, 2.45) is 0 Å². The second kappa shape index (κ2) is 5.34. The van der Waals surface area contributed by atoms with Gasteiger partial charge in [0.1, 0.15) is 0 Å². The molecule has 3 heterocycles. The van der Waals surface area contributed by atoms with Crippen molar-refractivity contribution in [3.05, 3.63) is 23.9 Å². The number of carbonyl (C=O) groups is 1. The van der Waals surface area contributed by atoms with E-state index in [1.807, 2.05) is 4.90 Å². The number of fused-ring (bicyclic) bond motifs is 1. The van der Waals surface area contributed by atoms with Crippen LogP contribution < -0.4 is 0 Å². The van der Waals surface area contributed by atoms with Gasteiger partial charge in [0.2, 0.25) is 0 Å². The van der Waals surface area contributed by atoms with Gasteiger partial charge in [-0.2, -0.15) is 0 Å². The van der Waals surface area contributed by atoms with Crippen molar-refractivity contribution in [1.29, 1.82) is 0 Å². The summed E-state index contributed by atoms with van der Waals surface area (Å²) in [6, 6.07) is 3.53. The number of aromatic nitrogens is 4. The van der Waals surface area contributed by atoms with Crippen LogP contribution >= 0.6 is 0 Å². The molecule has 1 aliphatic heterocycles. The van der Waals surface area contributed by atoms with Crippen LogP contribution in [0, 0.1) is 0 Å². The highest BCUT2D eigenvalue weighted by atomic mass is 16.2. The molecule has 1 amide bonds. The lowest BCUT2D eigenvalue weighted by atomic mass is 10.1. The number of hydrogen-bond donors (Lipinski definition) is 0. The quantitative estimate of drug-likeness (QED) is 0.779. The average Bonchev–Trinajstić information content (AvgIpc) is 2.84. The number of amides is 1. The molecule has 0 aliphatic carbocycles. The summed E-state index contributed by atoms with van der Waals surface area (Å²) in [7, 11) is 0. The number of hydrogen-bond acceptors (Lipinski definition) is 4. The fraction of sp³-hybridized carbons (Fsp3) is 0.538. The second-order valence-electron chi connectivity index (χ2n) is 4.96. The molecule has 0 atom stereocenters. The summed E-state index contributed by atoms with van der Waals surface area (Å²) in [6.07, 6.45) is 7.65. The highest BCUT2D eigenvalue weighted by Gasteiger charge is 2.17. The lowest BCUT2D eigenvalue weighted by Crippen LogP contribution is -2.33. The van der Waals surface area contributed by atoms with E-state index >= 15 is 0 Å². The fourth-order valence-electron chi connectivity index (χ4n) is 2.51. The first kappa shape index (κ1) is 12.1. The van der Waals surface area contributed by atoms with Crippen molar-refractivity contribution in [2.75, 3.05) is 13.1 Å².